The number of unbranched alkanes of at least 4 members (excludes halogenated alkanes) is 1. The number of amides is 1. The van der Waals surface area contributed by atoms with Crippen molar-refractivity contribution >= 4 is 18.0 Å². The van der Waals surface area contributed by atoms with Crippen molar-refractivity contribution in [3.8, 4) is 0 Å². The van der Waals surface area contributed by atoms with Crippen LogP contribution in [-0.2, 0) is 19.1 Å². The molecule has 0 bridgehead atoms. The molecule has 22 heavy (non-hydrogen) atoms. The molecule has 0 aromatic carbocycles. The minimum Gasteiger partial charge on any atom is -0.444 e. The Balaban J connectivity index is 4.65. The molecule has 0 heterocycles. The highest BCUT2D eigenvalue weighted by Gasteiger charge is 2.27. The number of alkyl carbamates (subject to hydrolysis) is 1. The molecule has 1 N–H and O–H groups in total. The first kappa shape index (κ1) is 20.4. The first-order chi connectivity index (χ1) is 10.0. The molecule has 0 aromatic heterocycles. The van der Waals surface area contributed by atoms with E-state index in [1.165, 1.54) is 0 Å². The molecule has 0 rings (SSSR count). The van der Waals surface area contributed by atoms with Crippen LogP contribution in [0.15, 0.2) is 0 Å². The molecule has 6 heteroatoms. The summed E-state index contributed by atoms with van der Waals surface area (Å²) in [6, 6.07) is -0.888. The molecular formula is C16H29NO5. The Morgan fingerprint density at radius 3 is 2.18 bits per heavy atom. The van der Waals surface area contributed by atoms with Gasteiger partial charge in [-0.05, 0) is 39.5 Å². The second-order valence-electron chi connectivity index (χ2n) is 6.73. The molecule has 0 saturated carbocycles. The Hall–Kier alpha value is -1.59. The van der Waals surface area contributed by atoms with Gasteiger partial charge in [0.25, 0.3) is 0 Å². The van der Waals surface area contributed by atoms with Crippen LogP contribution in [-0.4, -0.2) is 29.7 Å². The summed E-state index contributed by atoms with van der Waals surface area (Å²) >= 11 is 0. The van der Waals surface area contributed by atoms with Gasteiger partial charge in [-0.1, -0.05) is 27.2 Å². The summed E-state index contributed by atoms with van der Waals surface area (Å²) in [5.41, 5.74) is -0.659. The number of carbonyl (C=O) groups is 3. The van der Waals surface area contributed by atoms with Crippen molar-refractivity contribution in [1.82, 2.24) is 5.32 Å². The SMILES string of the molecule is CCCCC(=O)OC(=O)[C@H](CC(C)C)NC(=O)OC(C)(C)C. The number of rotatable bonds is 7. The maximum Gasteiger partial charge on any atom is 0.408 e. The van der Waals surface area contributed by atoms with E-state index in [2.05, 4.69) is 5.32 Å². The Morgan fingerprint density at radius 2 is 1.73 bits per heavy atom. The highest BCUT2D eigenvalue weighted by Crippen LogP contribution is 2.11. The zero-order chi connectivity index (χ0) is 17.3. The monoisotopic (exact) mass is 315 g/mol. The summed E-state index contributed by atoms with van der Waals surface area (Å²) in [6.07, 6.45) is 1.38. The van der Waals surface area contributed by atoms with Gasteiger partial charge in [0.05, 0.1) is 0 Å². The van der Waals surface area contributed by atoms with Gasteiger partial charge in [-0.3, -0.25) is 4.79 Å². The van der Waals surface area contributed by atoms with Crippen LogP contribution in [0, 0.1) is 5.92 Å². The minimum absolute atomic E-state index is 0.151. The minimum atomic E-state index is -0.888. The number of hydrogen-bond donors (Lipinski definition) is 1. The normalized spacial score (nSPS) is 12.7. The molecule has 6 nitrogen and oxygen atoms in total. The summed E-state index contributed by atoms with van der Waals surface area (Å²) in [6.45, 7) is 11.0. The van der Waals surface area contributed by atoms with Crippen molar-refractivity contribution in [3.63, 3.8) is 0 Å². The van der Waals surface area contributed by atoms with Gasteiger partial charge in [-0.2, -0.15) is 0 Å². The predicted molar refractivity (Wildman–Crippen MR) is 83.2 cm³/mol. The highest BCUT2D eigenvalue weighted by atomic mass is 16.6. The standard InChI is InChI=1S/C16H29NO5/c1-7-8-9-13(18)21-14(19)12(10-11(2)3)17-15(20)22-16(4,5)6/h11-12H,7-10H2,1-6H3,(H,17,20)/t12-/m0/s1. The van der Waals surface area contributed by atoms with Crippen molar-refractivity contribution in [3.05, 3.63) is 0 Å². The van der Waals surface area contributed by atoms with Crippen LogP contribution >= 0.6 is 0 Å². The number of nitrogens with one attached hydrogen (secondary N) is 1. The highest BCUT2D eigenvalue weighted by molar-refractivity contribution is 5.90. The summed E-state index contributed by atoms with van der Waals surface area (Å²) in [5, 5.41) is 2.48. The molecule has 0 saturated heterocycles. The number of ether oxygens (including phenoxy) is 2. The van der Waals surface area contributed by atoms with Crippen molar-refractivity contribution in [2.45, 2.75) is 78.9 Å². The van der Waals surface area contributed by atoms with E-state index in [0.717, 1.165) is 6.42 Å². The second kappa shape index (κ2) is 9.43. The lowest BCUT2D eigenvalue weighted by Crippen LogP contribution is -2.45. The van der Waals surface area contributed by atoms with Crippen LogP contribution in [0.1, 0.15) is 67.2 Å². The van der Waals surface area contributed by atoms with E-state index < -0.39 is 29.7 Å². The van der Waals surface area contributed by atoms with E-state index >= 15 is 0 Å². The summed E-state index contributed by atoms with van der Waals surface area (Å²) in [4.78, 5) is 35.4. The molecule has 1 atom stereocenters. The van der Waals surface area contributed by atoms with Crippen LogP contribution in [0.3, 0.4) is 0 Å². The topological polar surface area (TPSA) is 81.7 Å². The van der Waals surface area contributed by atoms with Crippen LogP contribution < -0.4 is 5.32 Å². The fourth-order valence-electron chi connectivity index (χ4n) is 1.69. The van der Waals surface area contributed by atoms with Crippen molar-refractivity contribution in [2.24, 2.45) is 5.92 Å². The second-order valence-corrected chi connectivity index (χ2v) is 6.73. The van der Waals surface area contributed by atoms with E-state index in [1.54, 1.807) is 20.8 Å². The molecule has 0 radical (unpaired) electrons. The van der Waals surface area contributed by atoms with Gasteiger partial charge in [0, 0.05) is 6.42 Å². The Bertz CT molecular complexity index is 384. The largest absolute Gasteiger partial charge is 0.444 e. The molecule has 0 aliphatic heterocycles. The average molecular weight is 315 g/mol. The van der Waals surface area contributed by atoms with Gasteiger partial charge in [0.2, 0.25) is 0 Å². The van der Waals surface area contributed by atoms with Gasteiger partial charge in [-0.15, -0.1) is 0 Å². The number of carbonyl (C=O) groups excluding carboxylic acids is 3. The first-order valence-corrected chi connectivity index (χ1v) is 7.79. The van der Waals surface area contributed by atoms with Crippen LogP contribution in [0.2, 0.25) is 0 Å². The van der Waals surface area contributed by atoms with Crippen molar-refractivity contribution < 1.29 is 23.9 Å². The smallest absolute Gasteiger partial charge is 0.408 e. The van der Waals surface area contributed by atoms with Crippen LogP contribution in [0.4, 0.5) is 4.79 Å². The first-order valence-electron chi connectivity index (χ1n) is 7.79. The summed E-state index contributed by atoms with van der Waals surface area (Å²) in [5.74, 6) is -1.15. The van der Waals surface area contributed by atoms with Crippen LogP contribution in [0.25, 0.3) is 0 Å². The predicted octanol–water partition coefficient (Wildman–Crippen LogP) is 3.19. The lowest BCUT2D eigenvalue weighted by molar-refractivity contribution is -0.161. The molecular weight excluding hydrogens is 286 g/mol. The zero-order valence-electron chi connectivity index (χ0n) is 14.5. The summed E-state index contributed by atoms with van der Waals surface area (Å²) < 4.78 is 9.93. The van der Waals surface area contributed by atoms with E-state index in [1.807, 2.05) is 20.8 Å². The third-order valence-corrected chi connectivity index (χ3v) is 2.63. The average Bonchev–Trinajstić information content (AvgIpc) is 2.32. The van der Waals surface area contributed by atoms with Gasteiger partial charge in [-0.25, -0.2) is 9.59 Å². The Morgan fingerprint density at radius 1 is 1.14 bits per heavy atom. The third-order valence-electron chi connectivity index (χ3n) is 2.63. The molecule has 128 valence electrons. The van der Waals surface area contributed by atoms with Crippen LogP contribution in [0.5, 0.6) is 0 Å². The Labute approximate surface area is 132 Å². The lowest BCUT2D eigenvalue weighted by atomic mass is 10.0. The summed E-state index contributed by atoms with van der Waals surface area (Å²) in [7, 11) is 0. The number of hydrogen-bond acceptors (Lipinski definition) is 5. The fourth-order valence-corrected chi connectivity index (χ4v) is 1.69. The van der Waals surface area contributed by atoms with E-state index in [-0.39, 0.29) is 12.3 Å². The third kappa shape index (κ3) is 10.2. The zero-order valence-corrected chi connectivity index (χ0v) is 14.5. The van der Waals surface area contributed by atoms with Crippen molar-refractivity contribution in [2.75, 3.05) is 0 Å². The molecule has 1 amide bonds. The Kier molecular flexibility index (Phi) is 8.75. The van der Waals surface area contributed by atoms with E-state index in [9.17, 15) is 14.4 Å². The maximum atomic E-state index is 12.0. The molecule has 0 aliphatic carbocycles. The van der Waals surface area contributed by atoms with E-state index in [0.29, 0.717) is 12.8 Å². The quantitative estimate of drug-likeness (QED) is 0.576. The maximum absolute atomic E-state index is 12.0. The van der Waals surface area contributed by atoms with Crippen molar-refractivity contribution in [1.29, 1.82) is 0 Å². The lowest BCUT2D eigenvalue weighted by Gasteiger charge is -2.23. The van der Waals surface area contributed by atoms with E-state index in [4.69, 9.17) is 9.47 Å². The molecule has 0 aromatic rings. The fraction of sp³-hybridized carbons (Fsp3) is 0.812. The number of esters is 2. The van der Waals surface area contributed by atoms with Gasteiger partial charge < -0.3 is 14.8 Å². The van der Waals surface area contributed by atoms with Gasteiger partial charge in [0.1, 0.15) is 11.6 Å². The molecule has 0 spiro atoms. The molecule has 0 unspecified atom stereocenters. The molecule has 0 aliphatic rings. The molecule has 0 fully saturated rings. The van der Waals surface area contributed by atoms with Gasteiger partial charge >= 0.3 is 18.0 Å². The van der Waals surface area contributed by atoms with Gasteiger partial charge in [0.15, 0.2) is 0 Å².